The highest BCUT2D eigenvalue weighted by Gasteiger charge is 2.14. The summed E-state index contributed by atoms with van der Waals surface area (Å²) < 4.78 is 7.74. The van der Waals surface area contributed by atoms with Gasteiger partial charge in [-0.25, -0.2) is 0 Å². The number of nitrogens with one attached hydrogen (secondary N) is 1. The lowest BCUT2D eigenvalue weighted by atomic mass is 10.2. The summed E-state index contributed by atoms with van der Waals surface area (Å²) in [7, 11) is 0. The van der Waals surface area contributed by atoms with Crippen LogP contribution in [-0.4, -0.2) is 19.9 Å². The van der Waals surface area contributed by atoms with Crippen LogP contribution in [0.5, 0.6) is 0 Å². The van der Waals surface area contributed by atoms with Gasteiger partial charge in [-0.2, -0.15) is 5.10 Å². The second kappa shape index (κ2) is 5.05. The summed E-state index contributed by atoms with van der Waals surface area (Å²) in [6.07, 6.45) is 0. The Bertz CT molecular complexity index is 766. The second-order valence-corrected chi connectivity index (χ2v) is 4.99. The average Bonchev–Trinajstić information content (AvgIpc) is 2.98. The standard InChI is InChI=1S/C14H14N4OS/c1-9-12(10(2)19-17-9)8-18-13(15-16-14(18)20)11-6-4-3-5-7-11/h3-7H,8H2,1-2H3,(H,16,20). The van der Waals surface area contributed by atoms with Crippen molar-refractivity contribution in [1.29, 1.82) is 0 Å². The van der Waals surface area contributed by atoms with Crippen molar-refractivity contribution in [3.05, 3.63) is 52.1 Å². The number of H-pyrrole nitrogens is 1. The Kier molecular flexibility index (Phi) is 3.23. The molecular formula is C14H14N4OS. The van der Waals surface area contributed by atoms with Crippen LogP contribution in [-0.2, 0) is 6.54 Å². The largest absolute Gasteiger partial charge is 0.361 e. The average molecular weight is 286 g/mol. The molecule has 2 heterocycles. The molecule has 3 aromatic rings. The van der Waals surface area contributed by atoms with E-state index < -0.39 is 0 Å². The van der Waals surface area contributed by atoms with Crippen LogP contribution in [0.4, 0.5) is 0 Å². The van der Waals surface area contributed by atoms with E-state index in [1.165, 1.54) is 0 Å². The number of aromatic nitrogens is 4. The molecule has 1 aromatic carbocycles. The van der Waals surface area contributed by atoms with Crippen molar-refractivity contribution in [3.8, 4) is 11.4 Å². The van der Waals surface area contributed by atoms with Crippen molar-refractivity contribution >= 4 is 12.2 Å². The maximum absolute atomic E-state index is 5.33. The van der Waals surface area contributed by atoms with Gasteiger partial charge in [-0.05, 0) is 26.1 Å². The first kappa shape index (κ1) is 12.8. The molecule has 0 radical (unpaired) electrons. The summed E-state index contributed by atoms with van der Waals surface area (Å²) in [4.78, 5) is 0. The van der Waals surface area contributed by atoms with Crippen LogP contribution in [0.1, 0.15) is 17.0 Å². The van der Waals surface area contributed by atoms with Crippen LogP contribution in [0.15, 0.2) is 34.9 Å². The molecule has 2 aromatic heterocycles. The van der Waals surface area contributed by atoms with Gasteiger partial charge >= 0.3 is 0 Å². The van der Waals surface area contributed by atoms with Gasteiger partial charge in [0.2, 0.25) is 0 Å². The van der Waals surface area contributed by atoms with Crippen LogP contribution in [0.2, 0.25) is 0 Å². The fourth-order valence-corrected chi connectivity index (χ4v) is 2.35. The van der Waals surface area contributed by atoms with E-state index in [2.05, 4.69) is 15.4 Å². The minimum absolute atomic E-state index is 0.587. The Balaban J connectivity index is 2.07. The third kappa shape index (κ3) is 2.18. The summed E-state index contributed by atoms with van der Waals surface area (Å²) in [5.74, 6) is 1.63. The monoisotopic (exact) mass is 286 g/mol. The highest BCUT2D eigenvalue weighted by Crippen LogP contribution is 2.20. The summed E-state index contributed by atoms with van der Waals surface area (Å²) in [5, 5.41) is 11.1. The highest BCUT2D eigenvalue weighted by molar-refractivity contribution is 7.71. The number of aryl methyl sites for hydroxylation is 2. The molecule has 0 aliphatic rings. The number of hydrogen-bond donors (Lipinski definition) is 1. The Hall–Kier alpha value is -2.21. The second-order valence-electron chi connectivity index (χ2n) is 4.61. The molecule has 1 N–H and O–H groups in total. The fourth-order valence-electron chi connectivity index (χ4n) is 2.16. The highest BCUT2D eigenvalue weighted by atomic mass is 32.1. The van der Waals surface area contributed by atoms with E-state index in [0.29, 0.717) is 11.3 Å². The first-order valence-electron chi connectivity index (χ1n) is 6.29. The minimum Gasteiger partial charge on any atom is -0.361 e. The van der Waals surface area contributed by atoms with Crippen molar-refractivity contribution in [2.45, 2.75) is 20.4 Å². The van der Waals surface area contributed by atoms with Gasteiger partial charge in [0.15, 0.2) is 10.6 Å². The normalized spacial score (nSPS) is 10.9. The van der Waals surface area contributed by atoms with E-state index in [4.69, 9.17) is 16.7 Å². The van der Waals surface area contributed by atoms with E-state index in [1.54, 1.807) is 0 Å². The Morgan fingerprint density at radius 2 is 2.00 bits per heavy atom. The molecule has 0 atom stereocenters. The van der Waals surface area contributed by atoms with Crippen LogP contribution >= 0.6 is 12.2 Å². The zero-order valence-electron chi connectivity index (χ0n) is 11.3. The number of nitrogens with zero attached hydrogens (tertiary/aromatic N) is 3. The Morgan fingerprint density at radius 3 is 2.65 bits per heavy atom. The van der Waals surface area contributed by atoms with Gasteiger partial charge in [-0.15, -0.1) is 0 Å². The van der Waals surface area contributed by atoms with Crippen molar-refractivity contribution < 1.29 is 4.52 Å². The summed E-state index contributed by atoms with van der Waals surface area (Å²) in [6.45, 7) is 4.43. The lowest BCUT2D eigenvalue weighted by Gasteiger charge is -2.06. The van der Waals surface area contributed by atoms with Gasteiger partial charge in [0, 0.05) is 11.1 Å². The molecule has 3 rings (SSSR count). The molecule has 0 amide bonds. The zero-order chi connectivity index (χ0) is 14.1. The summed E-state index contributed by atoms with van der Waals surface area (Å²) >= 11 is 5.33. The molecule has 0 unspecified atom stereocenters. The number of aromatic amines is 1. The van der Waals surface area contributed by atoms with Crippen molar-refractivity contribution in [3.63, 3.8) is 0 Å². The summed E-state index contributed by atoms with van der Waals surface area (Å²) in [6, 6.07) is 9.95. The molecule has 20 heavy (non-hydrogen) atoms. The van der Waals surface area contributed by atoms with Gasteiger partial charge in [0.1, 0.15) is 5.76 Å². The predicted octanol–water partition coefficient (Wildman–Crippen LogP) is 3.26. The van der Waals surface area contributed by atoms with Gasteiger partial charge < -0.3 is 4.52 Å². The fraction of sp³-hybridized carbons (Fsp3) is 0.214. The van der Waals surface area contributed by atoms with Crippen LogP contribution < -0.4 is 0 Å². The van der Waals surface area contributed by atoms with Crippen molar-refractivity contribution in [2.75, 3.05) is 0 Å². The van der Waals surface area contributed by atoms with Gasteiger partial charge in [0.25, 0.3) is 0 Å². The smallest absolute Gasteiger partial charge is 0.195 e. The molecule has 0 aliphatic heterocycles. The van der Waals surface area contributed by atoms with Gasteiger partial charge in [-0.1, -0.05) is 35.5 Å². The van der Waals surface area contributed by atoms with Crippen LogP contribution in [0, 0.1) is 18.6 Å². The predicted molar refractivity (Wildman–Crippen MR) is 77.9 cm³/mol. The molecule has 0 saturated heterocycles. The lowest BCUT2D eigenvalue weighted by molar-refractivity contribution is 0.392. The SMILES string of the molecule is Cc1noc(C)c1Cn1c(-c2ccccc2)n[nH]c1=S. The molecule has 0 spiro atoms. The molecule has 102 valence electrons. The quantitative estimate of drug-likeness (QED) is 0.751. The molecular weight excluding hydrogens is 272 g/mol. The van der Waals surface area contributed by atoms with Crippen molar-refractivity contribution in [2.24, 2.45) is 0 Å². The van der Waals surface area contributed by atoms with Crippen LogP contribution in [0.25, 0.3) is 11.4 Å². The van der Waals surface area contributed by atoms with Gasteiger partial charge in [0.05, 0.1) is 12.2 Å². The molecule has 0 fully saturated rings. The first-order chi connectivity index (χ1) is 9.66. The Labute approximate surface area is 121 Å². The van der Waals surface area contributed by atoms with Crippen molar-refractivity contribution in [1.82, 2.24) is 19.9 Å². The maximum Gasteiger partial charge on any atom is 0.195 e. The third-order valence-electron chi connectivity index (χ3n) is 3.29. The Morgan fingerprint density at radius 1 is 1.25 bits per heavy atom. The molecule has 0 aliphatic carbocycles. The van der Waals surface area contributed by atoms with E-state index in [0.717, 1.165) is 28.4 Å². The van der Waals surface area contributed by atoms with Crippen LogP contribution in [0.3, 0.4) is 0 Å². The lowest BCUT2D eigenvalue weighted by Crippen LogP contribution is -2.04. The van der Waals surface area contributed by atoms with E-state index >= 15 is 0 Å². The van der Waals surface area contributed by atoms with E-state index in [9.17, 15) is 0 Å². The molecule has 0 bridgehead atoms. The first-order valence-corrected chi connectivity index (χ1v) is 6.70. The van der Waals surface area contributed by atoms with E-state index in [-0.39, 0.29) is 0 Å². The number of benzene rings is 1. The molecule has 0 saturated carbocycles. The zero-order valence-corrected chi connectivity index (χ0v) is 12.1. The minimum atomic E-state index is 0.587. The van der Waals surface area contributed by atoms with Gasteiger partial charge in [-0.3, -0.25) is 9.67 Å². The maximum atomic E-state index is 5.33. The summed E-state index contributed by atoms with van der Waals surface area (Å²) in [5.41, 5.74) is 2.94. The molecule has 6 heteroatoms. The number of hydrogen-bond acceptors (Lipinski definition) is 4. The third-order valence-corrected chi connectivity index (χ3v) is 3.60. The van der Waals surface area contributed by atoms with E-state index in [1.807, 2.05) is 48.7 Å². The number of rotatable bonds is 3. The molecule has 5 nitrogen and oxygen atoms in total. The topological polar surface area (TPSA) is 59.6 Å².